The highest BCUT2D eigenvalue weighted by Gasteiger charge is 2.35. The van der Waals surface area contributed by atoms with E-state index in [1.807, 2.05) is 12.1 Å². The molecule has 0 fully saturated rings. The number of para-hydroxylation sites is 3. The van der Waals surface area contributed by atoms with Gasteiger partial charge in [-0.2, -0.15) is 0 Å². The maximum Gasteiger partial charge on any atom is 0.143 e. The molecule has 0 N–H and O–H groups in total. The second-order valence-corrected chi connectivity index (χ2v) is 14.1. The molecular weight excluding hydrogens is 619 g/mol. The van der Waals surface area contributed by atoms with Crippen molar-refractivity contribution in [2.24, 2.45) is 0 Å². The minimum atomic E-state index is -0.0760. The molecule has 1 heterocycles. The van der Waals surface area contributed by atoms with Crippen LogP contribution in [0.1, 0.15) is 25.0 Å². The van der Waals surface area contributed by atoms with Crippen molar-refractivity contribution in [1.29, 1.82) is 0 Å². The Morgan fingerprint density at radius 1 is 0.431 bits per heavy atom. The lowest BCUT2D eigenvalue weighted by molar-refractivity contribution is 0.660. The number of fused-ring (bicyclic) bond motifs is 7. The fourth-order valence-corrected chi connectivity index (χ4v) is 8.29. The maximum atomic E-state index is 6.42. The third-order valence-corrected chi connectivity index (χ3v) is 10.9. The summed E-state index contributed by atoms with van der Waals surface area (Å²) in [4.78, 5) is 2.40. The highest BCUT2D eigenvalue weighted by molar-refractivity contribution is 6.09. The predicted molar refractivity (Wildman–Crippen MR) is 214 cm³/mol. The Balaban J connectivity index is 1.13. The van der Waals surface area contributed by atoms with E-state index in [-0.39, 0.29) is 5.41 Å². The SMILES string of the molecule is CC1(C)c2ccccc2-c2ccc(-c3ccccc3N(c3ccc(-c4cccc5c4oc4ccccc45)cc3)c3ccc4ccccc4c3)cc21. The highest BCUT2D eigenvalue weighted by Crippen LogP contribution is 2.51. The van der Waals surface area contributed by atoms with Crippen molar-refractivity contribution >= 4 is 49.8 Å². The van der Waals surface area contributed by atoms with Crippen molar-refractivity contribution in [3.63, 3.8) is 0 Å². The molecular formula is C49H35NO. The molecule has 0 aliphatic heterocycles. The molecule has 0 radical (unpaired) electrons. The summed E-state index contributed by atoms with van der Waals surface area (Å²) in [6, 6.07) is 63.7. The first-order valence-corrected chi connectivity index (χ1v) is 17.7. The first kappa shape index (κ1) is 29.5. The molecule has 0 atom stereocenters. The standard InChI is InChI=1S/C49H35NO/c1-49(2)44-19-8-5-15-40(44)41-29-25-35(31-45(41)49)38-14-6-9-20-46(38)50(37-28-22-32-12-3-4-13-34(32)30-37)36-26-23-33(24-27-36)39-17-11-18-43-42-16-7-10-21-47(42)51-48(39)43/h3-31H,1-2H3. The van der Waals surface area contributed by atoms with Crippen LogP contribution in [0.15, 0.2) is 180 Å². The average Bonchev–Trinajstić information content (AvgIpc) is 3.67. The molecule has 10 rings (SSSR count). The van der Waals surface area contributed by atoms with E-state index in [1.165, 1.54) is 44.2 Å². The lowest BCUT2D eigenvalue weighted by Gasteiger charge is -2.29. The summed E-state index contributed by atoms with van der Waals surface area (Å²) in [6.45, 7) is 4.70. The van der Waals surface area contributed by atoms with Crippen LogP contribution < -0.4 is 4.90 Å². The topological polar surface area (TPSA) is 16.4 Å². The highest BCUT2D eigenvalue weighted by atomic mass is 16.3. The number of rotatable bonds is 5. The molecule has 0 saturated carbocycles. The van der Waals surface area contributed by atoms with E-state index < -0.39 is 0 Å². The fraction of sp³-hybridized carbons (Fsp3) is 0.0612. The van der Waals surface area contributed by atoms with Crippen molar-refractivity contribution in [3.05, 3.63) is 187 Å². The quantitative estimate of drug-likeness (QED) is 0.184. The van der Waals surface area contributed by atoms with Crippen molar-refractivity contribution in [1.82, 2.24) is 0 Å². The number of nitrogens with zero attached hydrogens (tertiary/aromatic N) is 1. The number of hydrogen-bond acceptors (Lipinski definition) is 2. The van der Waals surface area contributed by atoms with Gasteiger partial charge < -0.3 is 9.32 Å². The van der Waals surface area contributed by atoms with E-state index >= 15 is 0 Å². The minimum Gasteiger partial charge on any atom is -0.455 e. The van der Waals surface area contributed by atoms with Crippen molar-refractivity contribution in [2.75, 3.05) is 4.90 Å². The van der Waals surface area contributed by atoms with Gasteiger partial charge in [0.05, 0.1) is 5.69 Å². The molecule has 0 unspecified atom stereocenters. The summed E-state index contributed by atoms with van der Waals surface area (Å²) in [5, 5.41) is 4.72. The van der Waals surface area contributed by atoms with E-state index in [1.54, 1.807) is 0 Å². The monoisotopic (exact) mass is 653 g/mol. The van der Waals surface area contributed by atoms with Crippen LogP contribution in [0.4, 0.5) is 17.1 Å². The lowest BCUT2D eigenvalue weighted by Crippen LogP contribution is -2.15. The average molecular weight is 654 g/mol. The zero-order chi connectivity index (χ0) is 34.1. The van der Waals surface area contributed by atoms with Gasteiger partial charge in [-0.25, -0.2) is 0 Å². The van der Waals surface area contributed by atoms with Gasteiger partial charge in [0.2, 0.25) is 0 Å². The van der Waals surface area contributed by atoms with Crippen LogP contribution in [0.2, 0.25) is 0 Å². The zero-order valence-electron chi connectivity index (χ0n) is 28.6. The van der Waals surface area contributed by atoms with Crippen LogP contribution in [-0.4, -0.2) is 0 Å². The van der Waals surface area contributed by atoms with E-state index in [0.717, 1.165) is 50.1 Å². The normalized spacial score (nSPS) is 13.1. The van der Waals surface area contributed by atoms with Gasteiger partial charge in [0, 0.05) is 38.7 Å². The second-order valence-electron chi connectivity index (χ2n) is 14.1. The smallest absolute Gasteiger partial charge is 0.143 e. The number of hydrogen-bond donors (Lipinski definition) is 0. The third kappa shape index (κ3) is 4.64. The van der Waals surface area contributed by atoms with Gasteiger partial charge in [-0.3, -0.25) is 0 Å². The van der Waals surface area contributed by atoms with Crippen LogP contribution in [0.3, 0.4) is 0 Å². The van der Waals surface area contributed by atoms with E-state index in [4.69, 9.17) is 4.42 Å². The summed E-state index contributed by atoms with van der Waals surface area (Å²) in [5.74, 6) is 0. The van der Waals surface area contributed by atoms with Crippen LogP contribution in [0, 0.1) is 0 Å². The Kier molecular flexibility index (Phi) is 6.56. The first-order valence-electron chi connectivity index (χ1n) is 17.7. The van der Waals surface area contributed by atoms with Gasteiger partial charge in [-0.1, -0.05) is 147 Å². The number of benzene rings is 8. The van der Waals surface area contributed by atoms with E-state index in [0.29, 0.717) is 0 Å². The molecule has 1 aromatic heterocycles. The predicted octanol–water partition coefficient (Wildman–Crippen LogP) is 13.8. The Labute approximate surface area is 297 Å². The minimum absolute atomic E-state index is 0.0760. The number of furan rings is 1. The molecule has 8 aromatic carbocycles. The molecule has 0 spiro atoms. The second kappa shape index (κ2) is 11.3. The van der Waals surface area contributed by atoms with Gasteiger partial charge in [0.15, 0.2) is 0 Å². The Morgan fingerprint density at radius 2 is 1.08 bits per heavy atom. The van der Waals surface area contributed by atoms with Crippen LogP contribution >= 0.6 is 0 Å². The molecule has 51 heavy (non-hydrogen) atoms. The van der Waals surface area contributed by atoms with Gasteiger partial charge >= 0.3 is 0 Å². The Bertz CT molecular complexity index is 2780. The molecule has 0 amide bonds. The summed E-state index contributed by atoms with van der Waals surface area (Å²) in [7, 11) is 0. The Hall–Kier alpha value is -6.38. The van der Waals surface area contributed by atoms with Gasteiger partial charge in [-0.05, 0) is 86.6 Å². The summed E-state index contributed by atoms with van der Waals surface area (Å²) >= 11 is 0. The molecule has 9 aromatic rings. The number of anilines is 3. The van der Waals surface area contributed by atoms with Crippen LogP contribution in [0.5, 0.6) is 0 Å². The van der Waals surface area contributed by atoms with Crippen molar-refractivity contribution < 1.29 is 4.42 Å². The first-order chi connectivity index (χ1) is 25.0. The van der Waals surface area contributed by atoms with E-state index in [2.05, 4.69) is 183 Å². The molecule has 0 saturated heterocycles. The van der Waals surface area contributed by atoms with Crippen molar-refractivity contribution in [3.8, 4) is 33.4 Å². The van der Waals surface area contributed by atoms with Gasteiger partial charge in [-0.15, -0.1) is 0 Å². The largest absolute Gasteiger partial charge is 0.455 e. The molecule has 1 aliphatic rings. The fourth-order valence-electron chi connectivity index (χ4n) is 8.29. The van der Waals surface area contributed by atoms with Crippen LogP contribution in [0.25, 0.3) is 66.1 Å². The van der Waals surface area contributed by atoms with Gasteiger partial charge in [0.1, 0.15) is 11.2 Å². The molecule has 1 aliphatic carbocycles. The zero-order valence-corrected chi connectivity index (χ0v) is 28.6. The van der Waals surface area contributed by atoms with Crippen molar-refractivity contribution in [2.45, 2.75) is 19.3 Å². The summed E-state index contributed by atoms with van der Waals surface area (Å²) < 4.78 is 6.42. The maximum absolute atomic E-state index is 6.42. The molecule has 242 valence electrons. The van der Waals surface area contributed by atoms with Crippen LogP contribution in [-0.2, 0) is 5.41 Å². The molecule has 2 nitrogen and oxygen atoms in total. The van der Waals surface area contributed by atoms with E-state index in [9.17, 15) is 0 Å². The van der Waals surface area contributed by atoms with Gasteiger partial charge in [0.25, 0.3) is 0 Å². The summed E-state index contributed by atoms with van der Waals surface area (Å²) in [6.07, 6.45) is 0. The third-order valence-electron chi connectivity index (χ3n) is 10.9. The summed E-state index contributed by atoms with van der Waals surface area (Å²) in [5.41, 5.74) is 15.1. The Morgan fingerprint density at radius 3 is 1.96 bits per heavy atom. The lowest BCUT2D eigenvalue weighted by atomic mass is 9.81. The molecule has 0 bridgehead atoms. The molecule has 2 heteroatoms.